The normalized spacial score (nSPS) is 11.8. The van der Waals surface area contributed by atoms with Gasteiger partial charge in [-0.25, -0.2) is 8.42 Å². The Kier molecular flexibility index (Phi) is 7.54. The Bertz CT molecular complexity index is 1010. The number of hydrogen-bond acceptors (Lipinski definition) is 6. The van der Waals surface area contributed by atoms with E-state index >= 15 is 0 Å². The van der Waals surface area contributed by atoms with Gasteiger partial charge in [0.25, 0.3) is 5.69 Å². The van der Waals surface area contributed by atoms with Crippen LogP contribution < -0.4 is 16.0 Å². The van der Waals surface area contributed by atoms with Crippen molar-refractivity contribution in [3.63, 3.8) is 0 Å². The Labute approximate surface area is 170 Å². The van der Waals surface area contributed by atoms with Crippen LogP contribution in [0.5, 0.6) is 0 Å². The van der Waals surface area contributed by atoms with Gasteiger partial charge < -0.3 is 16.0 Å². The predicted molar refractivity (Wildman–Crippen MR) is 114 cm³/mol. The van der Waals surface area contributed by atoms with Crippen LogP contribution in [0.4, 0.5) is 11.4 Å². The molecule has 0 unspecified atom stereocenters. The minimum absolute atomic E-state index is 0.0892. The third kappa shape index (κ3) is 6.75. The van der Waals surface area contributed by atoms with Crippen molar-refractivity contribution in [3.8, 4) is 0 Å². The van der Waals surface area contributed by atoms with Gasteiger partial charge >= 0.3 is 0 Å². The number of aliphatic imine (C=N–C) groups is 1. The molecular weight excluding hydrogens is 394 g/mol. The van der Waals surface area contributed by atoms with E-state index in [0.29, 0.717) is 25.6 Å². The lowest BCUT2D eigenvalue weighted by Crippen LogP contribution is -2.39. The van der Waals surface area contributed by atoms with Crippen LogP contribution in [0.15, 0.2) is 52.4 Å². The molecule has 2 aromatic carbocycles. The van der Waals surface area contributed by atoms with Crippen molar-refractivity contribution < 1.29 is 13.3 Å². The molecule has 0 aliphatic heterocycles. The summed E-state index contributed by atoms with van der Waals surface area (Å²) in [6.07, 6.45) is 1.01. The summed E-state index contributed by atoms with van der Waals surface area (Å²) in [7, 11) is -1.86. The number of anilines is 1. The fraction of sp³-hybridized carbons (Fsp3) is 0.316. The number of rotatable bonds is 8. The van der Waals surface area contributed by atoms with Crippen LogP contribution in [-0.4, -0.2) is 45.7 Å². The number of nitro groups is 1. The molecule has 0 radical (unpaired) electrons. The molecule has 0 aliphatic rings. The van der Waals surface area contributed by atoms with Gasteiger partial charge in [-0.3, -0.25) is 15.1 Å². The molecule has 0 aromatic heterocycles. The first kappa shape index (κ1) is 22.2. The molecule has 10 heteroatoms. The summed E-state index contributed by atoms with van der Waals surface area (Å²) in [5.74, 6) is 0.607. The summed E-state index contributed by atoms with van der Waals surface area (Å²) >= 11 is 0. The van der Waals surface area contributed by atoms with E-state index in [1.807, 2.05) is 25.1 Å². The van der Waals surface area contributed by atoms with Crippen LogP contribution >= 0.6 is 0 Å². The van der Waals surface area contributed by atoms with Crippen LogP contribution in [-0.2, 0) is 16.4 Å². The molecule has 29 heavy (non-hydrogen) atoms. The highest BCUT2D eigenvalue weighted by Crippen LogP contribution is 2.27. The predicted octanol–water partition coefficient (Wildman–Crippen LogP) is 2.08. The van der Waals surface area contributed by atoms with Gasteiger partial charge in [0.05, 0.1) is 9.82 Å². The summed E-state index contributed by atoms with van der Waals surface area (Å²) in [6, 6.07) is 11.9. The number of sulfone groups is 1. The van der Waals surface area contributed by atoms with Crippen molar-refractivity contribution in [1.82, 2.24) is 10.6 Å². The number of aryl methyl sites for hydroxylation is 1. The van der Waals surface area contributed by atoms with Gasteiger partial charge in [0.1, 0.15) is 5.69 Å². The fourth-order valence-corrected chi connectivity index (χ4v) is 3.29. The van der Waals surface area contributed by atoms with E-state index in [0.717, 1.165) is 17.9 Å². The van der Waals surface area contributed by atoms with E-state index in [-0.39, 0.29) is 16.3 Å². The van der Waals surface area contributed by atoms with Crippen molar-refractivity contribution in [2.75, 3.05) is 31.7 Å². The molecular formula is C19H25N5O4S. The minimum Gasteiger partial charge on any atom is -0.378 e. The highest BCUT2D eigenvalue weighted by Gasteiger charge is 2.18. The van der Waals surface area contributed by atoms with Gasteiger partial charge in [-0.2, -0.15) is 0 Å². The standard InChI is InChI=1S/C19H25N5O4S/c1-14-5-4-6-15(11-14)13-23-19(20-2)22-10-9-21-17-8-7-16(29(3,27)28)12-18(17)24(25)26/h4-8,11-12,21H,9-10,13H2,1-3H3,(H2,20,22,23). The summed E-state index contributed by atoms with van der Waals surface area (Å²) in [4.78, 5) is 14.7. The van der Waals surface area contributed by atoms with Crippen molar-refractivity contribution in [1.29, 1.82) is 0 Å². The molecule has 0 saturated carbocycles. The smallest absolute Gasteiger partial charge is 0.293 e. The average molecular weight is 420 g/mol. The van der Waals surface area contributed by atoms with Crippen molar-refractivity contribution in [2.45, 2.75) is 18.4 Å². The second-order valence-electron chi connectivity index (χ2n) is 6.48. The Morgan fingerprint density at radius 1 is 1.14 bits per heavy atom. The Morgan fingerprint density at radius 3 is 2.52 bits per heavy atom. The van der Waals surface area contributed by atoms with E-state index in [1.54, 1.807) is 7.05 Å². The third-order valence-electron chi connectivity index (χ3n) is 4.09. The third-order valence-corrected chi connectivity index (χ3v) is 5.20. The maximum atomic E-state index is 11.6. The van der Waals surface area contributed by atoms with E-state index in [9.17, 15) is 18.5 Å². The van der Waals surface area contributed by atoms with E-state index in [4.69, 9.17) is 0 Å². The number of guanidine groups is 1. The average Bonchev–Trinajstić information content (AvgIpc) is 2.66. The summed E-state index contributed by atoms with van der Waals surface area (Å²) < 4.78 is 23.2. The Hall–Kier alpha value is -3.14. The molecule has 0 saturated heterocycles. The molecule has 156 valence electrons. The monoisotopic (exact) mass is 419 g/mol. The van der Waals surface area contributed by atoms with Crippen molar-refractivity contribution >= 4 is 27.2 Å². The highest BCUT2D eigenvalue weighted by atomic mass is 32.2. The van der Waals surface area contributed by atoms with Crippen LogP contribution in [0, 0.1) is 17.0 Å². The SMILES string of the molecule is CN=C(NCCNc1ccc(S(C)(=O)=O)cc1[N+](=O)[O-])NCc1cccc(C)c1. The summed E-state index contributed by atoms with van der Waals surface area (Å²) in [5.41, 5.74) is 2.29. The maximum absolute atomic E-state index is 11.6. The second kappa shape index (κ2) is 9.87. The molecule has 0 spiro atoms. The molecule has 3 N–H and O–H groups in total. The van der Waals surface area contributed by atoms with Crippen LogP contribution in [0.1, 0.15) is 11.1 Å². The molecule has 0 bridgehead atoms. The molecule has 2 aromatic rings. The summed E-state index contributed by atoms with van der Waals surface area (Å²) in [6.45, 7) is 3.49. The number of nitrogens with zero attached hydrogens (tertiary/aromatic N) is 2. The van der Waals surface area contributed by atoms with Crippen LogP contribution in [0.25, 0.3) is 0 Å². The van der Waals surface area contributed by atoms with Gasteiger partial charge in [0.15, 0.2) is 15.8 Å². The lowest BCUT2D eigenvalue weighted by molar-refractivity contribution is -0.384. The zero-order valence-electron chi connectivity index (χ0n) is 16.6. The van der Waals surface area contributed by atoms with E-state index in [1.165, 1.54) is 17.7 Å². The van der Waals surface area contributed by atoms with Crippen molar-refractivity contribution in [3.05, 3.63) is 63.7 Å². The molecule has 0 heterocycles. The number of benzene rings is 2. The maximum Gasteiger partial charge on any atom is 0.293 e. The van der Waals surface area contributed by atoms with Gasteiger partial charge in [-0.05, 0) is 24.6 Å². The second-order valence-corrected chi connectivity index (χ2v) is 8.49. The zero-order valence-corrected chi connectivity index (χ0v) is 17.4. The van der Waals surface area contributed by atoms with Gasteiger partial charge in [-0.15, -0.1) is 0 Å². The summed E-state index contributed by atoms with van der Waals surface area (Å²) in [5, 5.41) is 20.5. The molecule has 0 aliphatic carbocycles. The van der Waals surface area contributed by atoms with Gasteiger partial charge in [0, 0.05) is 39.0 Å². The fourth-order valence-electron chi connectivity index (χ4n) is 2.65. The van der Waals surface area contributed by atoms with E-state index in [2.05, 4.69) is 27.0 Å². The van der Waals surface area contributed by atoms with Gasteiger partial charge in [-0.1, -0.05) is 29.8 Å². The molecule has 2 rings (SSSR count). The number of nitrogens with one attached hydrogen (secondary N) is 3. The van der Waals surface area contributed by atoms with Crippen molar-refractivity contribution in [2.24, 2.45) is 4.99 Å². The van der Waals surface area contributed by atoms with Gasteiger partial charge in [0.2, 0.25) is 0 Å². The molecule has 0 fully saturated rings. The van der Waals surface area contributed by atoms with Crippen LogP contribution in [0.3, 0.4) is 0 Å². The molecule has 0 atom stereocenters. The molecule has 0 amide bonds. The minimum atomic E-state index is -3.52. The first-order valence-electron chi connectivity index (χ1n) is 8.93. The number of nitro benzene ring substituents is 1. The topological polar surface area (TPSA) is 126 Å². The lowest BCUT2D eigenvalue weighted by atomic mass is 10.1. The number of hydrogen-bond donors (Lipinski definition) is 3. The van der Waals surface area contributed by atoms with E-state index < -0.39 is 14.8 Å². The zero-order chi connectivity index (χ0) is 21.4. The largest absolute Gasteiger partial charge is 0.378 e. The van der Waals surface area contributed by atoms with Crippen LogP contribution in [0.2, 0.25) is 0 Å². The first-order valence-corrected chi connectivity index (χ1v) is 10.8. The lowest BCUT2D eigenvalue weighted by Gasteiger charge is -2.13. The highest BCUT2D eigenvalue weighted by molar-refractivity contribution is 7.90. The molecule has 9 nitrogen and oxygen atoms in total. The Morgan fingerprint density at radius 2 is 1.90 bits per heavy atom. The first-order chi connectivity index (χ1) is 13.7. The quantitative estimate of drug-likeness (QED) is 0.197. The Balaban J connectivity index is 1.89.